The number of nitrogens with one attached hydrogen (secondary N) is 1. The summed E-state index contributed by atoms with van der Waals surface area (Å²) in [4.78, 5) is 34.9. The summed E-state index contributed by atoms with van der Waals surface area (Å²) in [6.07, 6.45) is -4.69. The first kappa shape index (κ1) is 26.2. The fraction of sp³-hybridized carbons (Fsp3) is 0.526. The molecule has 1 amide bonds. The third kappa shape index (κ3) is 9.22. The second-order valence-corrected chi connectivity index (χ2v) is 6.43. The van der Waals surface area contributed by atoms with Gasteiger partial charge in [-0.25, -0.2) is 14.4 Å². The Labute approximate surface area is 177 Å². The first-order valence-electron chi connectivity index (χ1n) is 9.17. The Hall–Kier alpha value is -2.86. The lowest BCUT2D eigenvalue weighted by molar-refractivity contribution is -0.192. The van der Waals surface area contributed by atoms with Gasteiger partial charge in [0.1, 0.15) is 6.61 Å². The molecule has 1 aromatic rings. The number of carboxylic acid groups (broad SMARTS) is 1. The summed E-state index contributed by atoms with van der Waals surface area (Å²) in [5.74, 6) is -3.28. The minimum Gasteiger partial charge on any atom is -0.475 e. The van der Waals surface area contributed by atoms with Crippen LogP contribution in [0, 0.1) is 0 Å². The second-order valence-electron chi connectivity index (χ2n) is 6.43. The van der Waals surface area contributed by atoms with Gasteiger partial charge in [0.2, 0.25) is 0 Å². The summed E-state index contributed by atoms with van der Waals surface area (Å²) in [6, 6.07) is 8.72. The molecule has 2 atom stereocenters. The first-order chi connectivity index (χ1) is 14.6. The number of ether oxygens (including phenoxy) is 3. The van der Waals surface area contributed by atoms with E-state index in [2.05, 4.69) is 5.32 Å². The number of carboxylic acids is 1. The number of hydrogen-bond acceptors (Lipinski definition) is 7. The minimum absolute atomic E-state index is 0.0554. The maximum absolute atomic E-state index is 12.5. The van der Waals surface area contributed by atoms with Crippen LogP contribution in [-0.2, 0) is 30.4 Å². The lowest BCUT2D eigenvalue weighted by Gasteiger charge is -2.36. The Bertz CT molecular complexity index is 712. The number of methoxy groups -OCH3 is 2. The van der Waals surface area contributed by atoms with Gasteiger partial charge in [-0.1, -0.05) is 30.3 Å². The van der Waals surface area contributed by atoms with Gasteiger partial charge in [0.05, 0.1) is 13.7 Å². The van der Waals surface area contributed by atoms with Crippen molar-refractivity contribution in [3.63, 3.8) is 0 Å². The van der Waals surface area contributed by atoms with Gasteiger partial charge in [0, 0.05) is 19.7 Å². The van der Waals surface area contributed by atoms with Crippen molar-refractivity contribution < 1.29 is 46.9 Å². The quantitative estimate of drug-likeness (QED) is 0.577. The van der Waals surface area contributed by atoms with Gasteiger partial charge in [-0.15, -0.1) is 0 Å². The SMILES string of the molecule is COC[C@@H](C(=O)OC)N(CC1CCN1)C(=O)OCc1ccccc1.O=C(O)C(F)(F)F. The molecule has 1 aliphatic rings. The van der Waals surface area contributed by atoms with Crippen LogP contribution < -0.4 is 5.32 Å². The number of nitrogens with zero attached hydrogens (tertiary/aromatic N) is 1. The summed E-state index contributed by atoms with van der Waals surface area (Å²) >= 11 is 0. The molecule has 0 saturated carbocycles. The number of carbonyl (C=O) groups is 3. The lowest BCUT2D eigenvalue weighted by atomic mass is 10.1. The molecular weight excluding hydrogens is 425 g/mol. The Balaban J connectivity index is 0.000000592. The summed E-state index contributed by atoms with van der Waals surface area (Å²) < 4.78 is 47.0. The highest BCUT2D eigenvalue weighted by Gasteiger charge is 2.38. The molecule has 0 aromatic heterocycles. The van der Waals surface area contributed by atoms with Crippen molar-refractivity contribution in [2.45, 2.75) is 31.3 Å². The maximum Gasteiger partial charge on any atom is 0.490 e. The summed E-state index contributed by atoms with van der Waals surface area (Å²) in [6.45, 7) is 1.48. The molecule has 1 aliphatic heterocycles. The van der Waals surface area contributed by atoms with E-state index < -0.39 is 30.2 Å². The molecule has 2 rings (SSSR count). The molecule has 0 spiro atoms. The van der Waals surface area contributed by atoms with Crippen LogP contribution in [0.25, 0.3) is 0 Å². The molecule has 174 valence electrons. The molecule has 1 aromatic carbocycles. The number of amides is 1. The molecule has 0 aliphatic carbocycles. The number of aliphatic carboxylic acids is 1. The van der Waals surface area contributed by atoms with Crippen LogP contribution in [0.4, 0.5) is 18.0 Å². The normalized spacial score (nSPS) is 16.1. The van der Waals surface area contributed by atoms with Crippen LogP contribution in [0.15, 0.2) is 30.3 Å². The van der Waals surface area contributed by atoms with Crippen molar-refractivity contribution in [1.29, 1.82) is 0 Å². The first-order valence-corrected chi connectivity index (χ1v) is 9.17. The van der Waals surface area contributed by atoms with E-state index in [0.717, 1.165) is 18.5 Å². The number of halogens is 3. The molecular formula is C19H25F3N2O7. The largest absolute Gasteiger partial charge is 0.490 e. The van der Waals surface area contributed by atoms with Crippen LogP contribution in [0.3, 0.4) is 0 Å². The molecule has 2 N–H and O–H groups in total. The van der Waals surface area contributed by atoms with Crippen molar-refractivity contribution in [2.75, 3.05) is 33.9 Å². The van der Waals surface area contributed by atoms with Crippen molar-refractivity contribution in [2.24, 2.45) is 0 Å². The van der Waals surface area contributed by atoms with Crippen LogP contribution in [0.2, 0.25) is 0 Å². The van der Waals surface area contributed by atoms with E-state index in [0.29, 0.717) is 6.54 Å². The number of alkyl halides is 3. The zero-order valence-electron chi connectivity index (χ0n) is 17.1. The van der Waals surface area contributed by atoms with E-state index in [-0.39, 0.29) is 19.3 Å². The van der Waals surface area contributed by atoms with E-state index in [1.54, 1.807) is 0 Å². The zero-order valence-corrected chi connectivity index (χ0v) is 17.1. The average molecular weight is 450 g/mol. The molecule has 0 bridgehead atoms. The van der Waals surface area contributed by atoms with Gasteiger partial charge in [0.25, 0.3) is 0 Å². The predicted octanol–water partition coefficient (Wildman–Crippen LogP) is 1.81. The molecule has 0 radical (unpaired) electrons. The number of carbonyl (C=O) groups excluding carboxylic acids is 2. The predicted molar refractivity (Wildman–Crippen MR) is 101 cm³/mol. The van der Waals surface area contributed by atoms with E-state index in [1.165, 1.54) is 19.1 Å². The average Bonchev–Trinajstić information content (AvgIpc) is 2.70. The van der Waals surface area contributed by atoms with Crippen molar-refractivity contribution in [3.8, 4) is 0 Å². The molecule has 1 saturated heterocycles. The van der Waals surface area contributed by atoms with Crippen LogP contribution in [-0.4, -0.2) is 80.2 Å². The highest BCUT2D eigenvalue weighted by atomic mass is 19.4. The minimum atomic E-state index is -5.08. The fourth-order valence-electron chi connectivity index (χ4n) is 2.45. The Kier molecular flexibility index (Phi) is 10.8. The van der Waals surface area contributed by atoms with Crippen molar-refractivity contribution >= 4 is 18.0 Å². The molecule has 1 heterocycles. The van der Waals surface area contributed by atoms with Crippen LogP contribution in [0.5, 0.6) is 0 Å². The van der Waals surface area contributed by atoms with E-state index in [9.17, 15) is 22.8 Å². The topological polar surface area (TPSA) is 114 Å². The highest BCUT2D eigenvalue weighted by Crippen LogP contribution is 2.14. The lowest BCUT2D eigenvalue weighted by Crippen LogP contribution is -2.57. The summed E-state index contributed by atoms with van der Waals surface area (Å²) in [7, 11) is 2.77. The summed E-state index contributed by atoms with van der Waals surface area (Å²) in [5.41, 5.74) is 0.883. The maximum atomic E-state index is 12.5. The van der Waals surface area contributed by atoms with Gasteiger partial charge in [-0.2, -0.15) is 13.2 Å². The van der Waals surface area contributed by atoms with Crippen molar-refractivity contribution in [1.82, 2.24) is 10.2 Å². The van der Waals surface area contributed by atoms with Gasteiger partial charge in [0.15, 0.2) is 6.04 Å². The van der Waals surface area contributed by atoms with E-state index >= 15 is 0 Å². The van der Waals surface area contributed by atoms with Crippen molar-refractivity contribution in [3.05, 3.63) is 35.9 Å². The van der Waals surface area contributed by atoms with Gasteiger partial charge < -0.3 is 24.6 Å². The second kappa shape index (κ2) is 12.7. The number of hydrogen-bond donors (Lipinski definition) is 2. The third-order valence-corrected chi connectivity index (χ3v) is 4.20. The van der Waals surface area contributed by atoms with Crippen LogP contribution >= 0.6 is 0 Å². The highest BCUT2D eigenvalue weighted by molar-refractivity contribution is 5.81. The monoisotopic (exact) mass is 450 g/mol. The molecule has 12 heteroatoms. The van der Waals surface area contributed by atoms with Gasteiger partial charge in [-0.3, -0.25) is 4.90 Å². The number of esters is 1. The molecule has 31 heavy (non-hydrogen) atoms. The Morgan fingerprint density at radius 2 is 1.81 bits per heavy atom. The standard InChI is InChI=1S/C17H24N2O5.C2HF3O2/c1-22-12-15(16(20)23-2)19(10-14-8-9-18-14)17(21)24-11-13-6-4-3-5-7-13;3-2(4,5)1(6)7/h3-7,14-15,18H,8-12H2,1-2H3;(H,6,7)/t14?,15-;/m0./s1. The van der Waals surface area contributed by atoms with E-state index in [4.69, 9.17) is 24.1 Å². The fourth-order valence-corrected chi connectivity index (χ4v) is 2.45. The van der Waals surface area contributed by atoms with Gasteiger partial charge in [-0.05, 0) is 18.5 Å². The van der Waals surface area contributed by atoms with Gasteiger partial charge >= 0.3 is 24.2 Å². The number of rotatable bonds is 8. The third-order valence-electron chi connectivity index (χ3n) is 4.20. The zero-order chi connectivity index (χ0) is 23.4. The van der Waals surface area contributed by atoms with E-state index in [1.807, 2.05) is 30.3 Å². The Morgan fingerprint density at radius 3 is 2.23 bits per heavy atom. The molecule has 1 fully saturated rings. The summed E-state index contributed by atoms with van der Waals surface area (Å²) in [5, 5.41) is 10.3. The smallest absolute Gasteiger partial charge is 0.475 e. The van der Waals surface area contributed by atoms with Crippen LogP contribution in [0.1, 0.15) is 12.0 Å². The molecule has 1 unspecified atom stereocenters. The molecule has 9 nitrogen and oxygen atoms in total. The number of benzene rings is 1. The Morgan fingerprint density at radius 1 is 1.23 bits per heavy atom.